The van der Waals surface area contributed by atoms with E-state index in [1.807, 2.05) is 26.8 Å². The van der Waals surface area contributed by atoms with E-state index in [0.29, 0.717) is 24.3 Å². The number of nitrogens with two attached hydrogens (primary N) is 1. The van der Waals surface area contributed by atoms with E-state index in [1.165, 1.54) is 19.3 Å². The quantitative estimate of drug-likeness (QED) is 0.873. The van der Waals surface area contributed by atoms with E-state index in [4.69, 9.17) is 10.5 Å². The van der Waals surface area contributed by atoms with Crippen molar-refractivity contribution < 1.29 is 4.74 Å². The minimum Gasteiger partial charge on any atom is -0.475 e. The zero-order valence-electron chi connectivity index (χ0n) is 13.6. The lowest BCUT2D eigenvalue weighted by atomic mass is 9.73. The van der Waals surface area contributed by atoms with E-state index in [0.717, 1.165) is 12.1 Å². The molecule has 3 N–H and O–H groups in total. The molecular weight excluding hydrogens is 264 g/mol. The van der Waals surface area contributed by atoms with Gasteiger partial charge < -0.3 is 15.8 Å². The average Bonchev–Trinajstić information content (AvgIpc) is 2.40. The summed E-state index contributed by atoms with van der Waals surface area (Å²) in [5.74, 6) is 1.77. The first-order valence-corrected chi connectivity index (χ1v) is 7.96. The van der Waals surface area contributed by atoms with Gasteiger partial charge >= 0.3 is 0 Å². The van der Waals surface area contributed by atoms with Gasteiger partial charge in [0.1, 0.15) is 0 Å². The molecule has 2 atom stereocenters. The minimum absolute atomic E-state index is 0.0961. The predicted molar refractivity (Wildman–Crippen MR) is 85.6 cm³/mol. The molecule has 5 nitrogen and oxygen atoms in total. The van der Waals surface area contributed by atoms with Crippen molar-refractivity contribution in [2.75, 3.05) is 11.9 Å². The lowest BCUT2D eigenvalue weighted by molar-refractivity contribution is 0.227. The summed E-state index contributed by atoms with van der Waals surface area (Å²) in [6, 6.07) is 1.87. The average molecular weight is 292 g/mol. The minimum atomic E-state index is -0.0961. The van der Waals surface area contributed by atoms with Gasteiger partial charge in [-0.05, 0) is 39.5 Å². The third-order valence-corrected chi connectivity index (χ3v) is 4.37. The maximum absolute atomic E-state index is 6.08. The fraction of sp³-hybridized carbons (Fsp3) is 0.750. The molecule has 0 amide bonds. The van der Waals surface area contributed by atoms with Crippen LogP contribution in [0, 0.1) is 12.8 Å². The molecule has 21 heavy (non-hydrogen) atoms. The van der Waals surface area contributed by atoms with Crippen LogP contribution in [0.4, 0.5) is 5.95 Å². The molecule has 1 aliphatic rings. The van der Waals surface area contributed by atoms with Crippen LogP contribution in [0.25, 0.3) is 0 Å². The number of hydrogen-bond donors (Lipinski definition) is 2. The van der Waals surface area contributed by atoms with E-state index in [9.17, 15) is 0 Å². The third kappa shape index (κ3) is 3.84. The SMILES string of the molecule is Cc1cc(OC(C)C)nc(NC2(CN)CCCCC2C)n1. The molecule has 0 radical (unpaired) electrons. The molecule has 2 unspecified atom stereocenters. The molecule has 0 aliphatic heterocycles. The van der Waals surface area contributed by atoms with Crippen LogP contribution in [0.5, 0.6) is 5.88 Å². The third-order valence-electron chi connectivity index (χ3n) is 4.37. The molecule has 0 bridgehead atoms. The monoisotopic (exact) mass is 292 g/mol. The van der Waals surface area contributed by atoms with Crippen LogP contribution in [0.3, 0.4) is 0 Å². The summed E-state index contributed by atoms with van der Waals surface area (Å²) in [5.41, 5.74) is 6.89. The summed E-state index contributed by atoms with van der Waals surface area (Å²) < 4.78 is 5.70. The number of anilines is 1. The van der Waals surface area contributed by atoms with Gasteiger partial charge in [0, 0.05) is 18.3 Å². The van der Waals surface area contributed by atoms with Crippen molar-refractivity contribution in [2.45, 2.75) is 65.0 Å². The van der Waals surface area contributed by atoms with E-state index in [1.54, 1.807) is 0 Å². The van der Waals surface area contributed by atoms with Gasteiger partial charge in [-0.25, -0.2) is 4.98 Å². The van der Waals surface area contributed by atoms with Crippen molar-refractivity contribution in [1.82, 2.24) is 9.97 Å². The Balaban J connectivity index is 2.22. The molecule has 0 saturated heterocycles. The number of rotatable bonds is 5. The molecular formula is C16H28N4O. The molecule has 1 aromatic rings. The number of nitrogens with one attached hydrogen (secondary N) is 1. The predicted octanol–water partition coefficient (Wildman–Crippen LogP) is 2.89. The first kappa shape index (κ1) is 16.0. The first-order valence-electron chi connectivity index (χ1n) is 7.96. The van der Waals surface area contributed by atoms with Crippen LogP contribution in [-0.4, -0.2) is 28.2 Å². The van der Waals surface area contributed by atoms with Crippen LogP contribution in [0.15, 0.2) is 6.07 Å². The van der Waals surface area contributed by atoms with Crippen LogP contribution in [-0.2, 0) is 0 Å². The highest BCUT2D eigenvalue weighted by molar-refractivity contribution is 5.35. The molecule has 1 fully saturated rings. The van der Waals surface area contributed by atoms with Gasteiger partial charge in [-0.2, -0.15) is 4.98 Å². The van der Waals surface area contributed by atoms with Gasteiger partial charge in [0.15, 0.2) is 0 Å². The van der Waals surface area contributed by atoms with Gasteiger partial charge in [-0.3, -0.25) is 0 Å². The summed E-state index contributed by atoms with van der Waals surface area (Å²) in [6.45, 7) is 8.82. The lowest BCUT2D eigenvalue weighted by Gasteiger charge is -2.42. The lowest BCUT2D eigenvalue weighted by Crippen LogP contribution is -2.52. The molecule has 118 valence electrons. The van der Waals surface area contributed by atoms with Gasteiger partial charge in [0.25, 0.3) is 0 Å². The summed E-state index contributed by atoms with van der Waals surface area (Å²) in [5, 5.41) is 3.52. The largest absolute Gasteiger partial charge is 0.475 e. The topological polar surface area (TPSA) is 73.1 Å². The highest BCUT2D eigenvalue weighted by Gasteiger charge is 2.37. The summed E-state index contributed by atoms with van der Waals surface area (Å²) in [6.07, 6.45) is 4.86. The van der Waals surface area contributed by atoms with Crippen molar-refractivity contribution in [3.63, 3.8) is 0 Å². The Morgan fingerprint density at radius 2 is 2.19 bits per heavy atom. The van der Waals surface area contributed by atoms with Crippen molar-refractivity contribution >= 4 is 5.95 Å². The molecule has 2 rings (SSSR count). The molecule has 1 aromatic heterocycles. The maximum Gasteiger partial charge on any atom is 0.226 e. The number of hydrogen-bond acceptors (Lipinski definition) is 5. The summed E-state index contributed by atoms with van der Waals surface area (Å²) >= 11 is 0. The highest BCUT2D eigenvalue weighted by atomic mass is 16.5. The Morgan fingerprint density at radius 1 is 1.43 bits per heavy atom. The van der Waals surface area contributed by atoms with Crippen molar-refractivity contribution in [1.29, 1.82) is 0 Å². The molecule has 0 aromatic carbocycles. The van der Waals surface area contributed by atoms with Crippen LogP contribution < -0.4 is 15.8 Å². The summed E-state index contributed by atoms with van der Waals surface area (Å²) in [7, 11) is 0. The maximum atomic E-state index is 6.08. The summed E-state index contributed by atoms with van der Waals surface area (Å²) in [4.78, 5) is 9.00. The number of ether oxygens (including phenoxy) is 1. The van der Waals surface area contributed by atoms with E-state index < -0.39 is 0 Å². The Kier molecular flexibility index (Phi) is 5.04. The van der Waals surface area contributed by atoms with Crippen molar-refractivity contribution in [2.24, 2.45) is 11.7 Å². The Morgan fingerprint density at radius 3 is 2.81 bits per heavy atom. The second-order valence-electron chi connectivity index (χ2n) is 6.47. The Labute approximate surface area is 127 Å². The normalized spacial score (nSPS) is 25.9. The van der Waals surface area contributed by atoms with Crippen LogP contribution in [0.2, 0.25) is 0 Å². The fourth-order valence-electron chi connectivity index (χ4n) is 3.07. The smallest absolute Gasteiger partial charge is 0.226 e. The standard InChI is InChI=1S/C16H28N4O/c1-11(2)21-14-9-13(4)18-15(19-14)20-16(10-17)8-6-5-7-12(16)3/h9,11-12H,5-8,10,17H2,1-4H3,(H,18,19,20). The number of aryl methyl sites for hydroxylation is 1. The zero-order chi connectivity index (χ0) is 15.5. The molecule has 1 heterocycles. The van der Waals surface area contributed by atoms with Gasteiger partial charge in [0.05, 0.1) is 11.6 Å². The highest BCUT2D eigenvalue weighted by Crippen LogP contribution is 2.35. The van der Waals surface area contributed by atoms with Gasteiger partial charge in [-0.1, -0.05) is 19.8 Å². The van der Waals surface area contributed by atoms with Crippen molar-refractivity contribution in [3.05, 3.63) is 11.8 Å². The van der Waals surface area contributed by atoms with E-state index in [-0.39, 0.29) is 11.6 Å². The van der Waals surface area contributed by atoms with Crippen LogP contribution in [0.1, 0.15) is 52.1 Å². The Bertz CT molecular complexity index is 477. The Hall–Kier alpha value is -1.36. The van der Waals surface area contributed by atoms with Gasteiger partial charge in [-0.15, -0.1) is 0 Å². The van der Waals surface area contributed by atoms with Gasteiger partial charge in [0.2, 0.25) is 11.8 Å². The first-order chi connectivity index (χ1) is 9.95. The van der Waals surface area contributed by atoms with Crippen molar-refractivity contribution in [3.8, 4) is 5.88 Å². The molecule has 1 aliphatic carbocycles. The van der Waals surface area contributed by atoms with E-state index in [2.05, 4.69) is 22.2 Å². The number of aromatic nitrogens is 2. The zero-order valence-corrected chi connectivity index (χ0v) is 13.6. The van der Waals surface area contributed by atoms with E-state index >= 15 is 0 Å². The molecule has 0 spiro atoms. The fourth-order valence-corrected chi connectivity index (χ4v) is 3.07. The molecule has 5 heteroatoms. The second kappa shape index (κ2) is 6.60. The molecule has 1 saturated carbocycles. The number of nitrogens with zero attached hydrogens (tertiary/aromatic N) is 2. The second-order valence-corrected chi connectivity index (χ2v) is 6.47. The van der Waals surface area contributed by atoms with Crippen LogP contribution >= 0.6 is 0 Å².